The summed E-state index contributed by atoms with van der Waals surface area (Å²) in [5.41, 5.74) is 3.19. The summed E-state index contributed by atoms with van der Waals surface area (Å²) in [4.78, 5) is 15.0. The SMILES string of the molecule is CC(C)(C)OC(=O)NCCc1c[nH]c2ccc(C[N+](C)(C)C)cc12.[I-]. The third-order valence-electron chi connectivity index (χ3n) is 3.55. The number of rotatable bonds is 5. The van der Waals surface area contributed by atoms with E-state index in [0.29, 0.717) is 6.54 Å². The summed E-state index contributed by atoms with van der Waals surface area (Å²) in [5, 5.41) is 4.05. The molecule has 1 aromatic carbocycles. The van der Waals surface area contributed by atoms with Crippen LogP contribution in [0.1, 0.15) is 31.9 Å². The topological polar surface area (TPSA) is 54.1 Å². The number of aromatic amines is 1. The number of aromatic nitrogens is 1. The number of ether oxygens (including phenoxy) is 1. The molecule has 6 heteroatoms. The number of halogens is 1. The van der Waals surface area contributed by atoms with Gasteiger partial charge in [0.15, 0.2) is 0 Å². The Kier molecular flexibility index (Phi) is 7.31. The van der Waals surface area contributed by atoms with Gasteiger partial charge in [0.1, 0.15) is 12.1 Å². The van der Waals surface area contributed by atoms with Crippen molar-refractivity contribution >= 4 is 17.0 Å². The Morgan fingerprint density at radius 1 is 1.24 bits per heavy atom. The highest BCUT2D eigenvalue weighted by Gasteiger charge is 2.16. The standard InChI is InChI=1S/C19H29N3O2.HI/c1-19(2,3)24-18(23)20-10-9-15-12-21-17-8-7-14(11-16(15)17)13-22(4,5)6;/h7-8,11-12,21H,9-10,13H2,1-6H3;1H. The number of benzene rings is 1. The molecule has 0 saturated heterocycles. The largest absolute Gasteiger partial charge is 1.00 e. The number of carbonyl (C=O) groups excluding carboxylic acids is 1. The molecule has 0 atom stereocenters. The minimum atomic E-state index is -0.467. The van der Waals surface area contributed by atoms with E-state index < -0.39 is 5.60 Å². The summed E-state index contributed by atoms with van der Waals surface area (Å²) in [5.74, 6) is 0. The average molecular weight is 459 g/mol. The number of H-pyrrole nitrogens is 1. The summed E-state index contributed by atoms with van der Waals surface area (Å²) in [7, 11) is 6.56. The lowest BCUT2D eigenvalue weighted by atomic mass is 10.1. The van der Waals surface area contributed by atoms with E-state index in [4.69, 9.17) is 4.74 Å². The Hall–Kier alpha value is -1.28. The van der Waals surface area contributed by atoms with Crippen LogP contribution in [0.2, 0.25) is 0 Å². The minimum Gasteiger partial charge on any atom is -1.00 e. The normalized spacial score (nSPS) is 11.9. The van der Waals surface area contributed by atoms with Gasteiger partial charge in [-0.3, -0.25) is 0 Å². The Balaban J connectivity index is 0.00000312. The lowest BCUT2D eigenvalue weighted by molar-refractivity contribution is -0.883. The van der Waals surface area contributed by atoms with Crippen molar-refractivity contribution in [2.45, 2.75) is 39.3 Å². The monoisotopic (exact) mass is 459 g/mol. The molecule has 2 rings (SSSR count). The summed E-state index contributed by atoms with van der Waals surface area (Å²) in [6.07, 6.45) is 2.43. The van der Waals surface area contributed by atoms with E-state index in [1.807, 2.05) is 27.0 Å². The first kappa shape index (κ1) is 21.8. The van der Waals surface area contributed by atoms with E-state index in [0.717, 1.165) is 23.0 Å². The zero-order chi connectivity index (χ0) is 18.0. The first-order valence-corrected chi connectivity index (χ1v) is 8.40. The van der Waals surface area contributed by atoms with Gasteiger partial charge in [0.2, 0.25) is 0 Å². The van der Waals surface area contributed by atoms with E-state index in [9.17, 15) is 4.79 Å². The van der Waals surface area contributed by atoms with Gasteiger partial charge in [-0.1, -0.05) is 6.07 Å². The number of carbonyl (C=O) groups is 1. The number of quaternary nitrogens is 1. The predicted molar refractivity (Wildman–Crippen MR) is 98.0 cm³/mol. The molecule has 5 nitrogen and oxygen atoms in total. The van der Waals surface area contributed by atoms with Crippen LogP contribution in [0.25, 0.3) is 10.9 Å². The third-order valence-corrected chi connectivity index (χ3v) is 3.55. The van der Waals surface area contributed by atoms with E-state index in [1.165, 1.54) is 16.5 Å². The van der Waals surface area contributed by atoms with Crippen LogP contribution in [0.5, 0.6) is 0 Å². The van der Waals surface area contributed by atoms with Crippen LogP contribution in [0.15, 0.2) is 24.4 Å². The van der Waals surface area contributed by atoms with Crippen molar-refractivity contribution in [1.29, 1.82) is 0 Å². The number of alkyl carbamates (subject to hydrolysis) is 1. The van der Waals surface area contributed by atoms with Crippen LogP contribution in [0.3, 0.4) is 0 Å². The summed E-state index contributed by atoms with van der Waals surface area (Å²) >= 11 is 0. The summed E-state index contributed by atoms with van der Waals surface area (Å²) < 4.78 is 6.15. The second-order valence-corrected chi connectivity index (χ2v) is 8.32. The van der Waals surface area contributed by atoms with E-state index in [2.05, 4.69) is 49.6 Å². The van der Waals surface area contributed by atoms with Crippen molar-refractivity contribution in [1.82, 2.24) is 10.3 Å². The van der Waals surface area contributed by atoms with E-state index in [1.54, 1.807) is 0 Å². The van der Waals surface area contributed by atoms with Crippen molar-refractivity contribution in [3.05, 3.63) is 35.5 Å². The van der Waals surface area contributed by atoms with Crippen LogP contribution in [-0.4, -0.2) is 48.8 Å². The quantitative estimate of drug-likeness (QED) is 0.504. The highest BCUT2D eigenvalue weighted by Crippen LogP contribution is 2.21. The van der Waals surface area contributed by atoms with Crippen LogP contribution in [-0.2, 0) is 17.7 Å². The number of hydrogen-bond donors (Lipinski definition) is 2. The van der Waals surface area contributed by atoms with Gasteiger partial charge in [-0.25, -0.2) is 4.79 Å². The van der Waals surface area contributed by atoms with Gasteiger partial charge in [-0.2, -0.15) is 0 Å². The fourth-order valence-corrected chi connectivity index (χ4v) is 2.69. The zero-order valence-electron chi connectivity index (χ0n) is 16.1. The van der Waals surface area contributed by atoms with Crippen molar-refractivity contribution in [3.8, 4) is 0 Å². The molecule has 25 heavy (non-hydrogen) atoms. The van der Waals surface area contributed by atoms with Gasteiger partial charge in [0, 0.05) is 29.2 Å². The minimum absolute atomic E-state index is 0. The zero-order valence-corrected chi connectivity index (χ0v) is 18.2. The van der Waals surface area contributed by atoms with Crippen LogP contribution in [0.4, 0.5) is 4.79 Å². The Bertz CT molecular complexity index is 712. The maximum absolute atomic E-state index is 11.7. The molecular formula is C19H30IN3O2. The molecule has 0 spiro atoms. The molecule has 0 aliphatic rings. The lowest BCUT2D eigenvalue weighted by Crippen LogP contribution is -3.00. The van der Waals surface area contributed by atoms with Crippen molar-refractivity contribution in [2.75, 3.05) is 27.7 Å². The molecule has 1 heterocycles. The molecule has 1 aromatic heterocycles. The summed E-state index contributed by atoms with van der Waals surface area (Å²) in [6.45, 7) is 7.13. The van der Waals surface area contributed by atoms with Gasteiger partial charge < -0.3 is 43.5 Å². The molecule has 1 amide bonds. The first-order valence-electron chi connectivity index (χ1n) is 8.40. The Morgan fingerprint density at radius 3 is 2.52 bits per heavy atom. The number of hydrogen-bond acceptors (Lipinski definition) is 2. The fourth-order valence-electron chi connectivity index (χ4n) is 2.69. The summed E-state index contributed by atoms with van der Waals surface area (Å²) in [6, 6.07) is 6.55. The van der Waals surface area contributed by atoms with Crippen molar-refractivity contribution in [3.63, 3.8) is 0 Å². The molecule has 140 valence electrons. The third kappa shape index (κ3) is 7.23. The molecule has 0 fully saturated rings. The fraction of sp³-hybridized carbons (Fsp3) is 0.526. The van der Waals surface area contributed by atoms with Crippen LogP contribution in [0, 0.1) is 0 Å². The second kappa shape index (κ2) is 8.40. The molecule has 0 bridgehead atoms. The van der Waals surface area contributed by atoms with Crippen LogP contribution >= 0.6 is 0 Å². The molecule has 2 aromatic rings. The predicted octanol–water partition coefficient (Wildman–Crippen LogP) is 0.445. The highest BCUT2D eigenvalue weighted by atomic mass is 127. The molecule has 0 aliphatic carbocycles. The van der Waals surface area contributed by atoms with Gasteiger partial charge in [-0.15, -0.1) is 0 Å². The maximum atomic E-state index is 11.7. The number of nitrogens with one attached hydrogen (secondary N) is 2. The molecule has 0 radical (unpaired) electrons. The number of amides is 1. The molecular weight excluding hydrogens is 429 g/mol. The van der Waals surface area contributed by atoms with E-state index in [-0.39, 0.29) is 30.1 Å². The van der Waals surface area contributed by atoms with E-state index >= 15 is 0 Å². The van der Waals surface area contributed by atoms with Crippen molar-refractivity contribution in [2.24, 2.45) is 0 Å². The van der Waals surface area contributed by atoms with Crippen molar-refractivity contribution < 1.29 is 38.0 Å². The molecule has 2 N–H and O–H groups in total. The Morgan fingerprint density at radius 2 is 1.92 bits per heavy atom. The number of nitrogens with zero attached hydrogens (tertiary/aromatic N) is 1. The highest BCUT2D eigenvalue weighted by molar-refractivity contribution is 5.84. The smallest absolute Gasteiger partial charge is 0.407 e. The van der Waals surface area contributed by atoms with Gasteiger partial charge in [0.05, 0.1) is 21.1 Å². The van der Waals surface area contributed by atoms with Gasteiger partial charge >= 0.3 is 6.09 Å². The number of fused-ring (bicyclic) bond motifs is 1. The maximum Gasteiger partial charge on any atom is 0.407 e. The Labute approximate surface area is 167 Å². The molecule has 0 saturated carbocycles. The molecule has 0 unspecified atom stereocenters. The second-order valence-electron chi connectivity index (χ2n) is 8.32. The molecule has 0 aliphatic heterocycles. The van der Waals surface area contributed by atoms with Gasteiger partial charge in [0.25, 0.3) is 0 Å². The lowest BCUT2D eigenvalue weighted by Gasteiger charge is -2.23. The average Bonchev–Trinajstić information content (AvgIpc) is 2.77. The van der Waals surface area contributed by atoms with Gasteiger partial charge in [-0.05, 0) is 44.9 Å². The first-order chi connectivity index (χ1) is 11.0. The van der Waals surface area contributed by atoms with Crippen LogP contribution < -0.4 is 29.3 Å².